The summed E-state index contributed by atoms with van der Waals surface area (Å²) in [6, 6.07) is 8.02. The Balaban J connectivity index is 1.80. The summed E-state index contributed by atoms with van der Waals surface area (Å²) in [6.45, 7) is 9.46. The Kier molecular flexibility index (Phi) is 6.65. The molecule has 5 rings (SSSR count). The van der Waals surface area contributed by atoms with Crippen LogP contribution in [0.3, 0.4) is 0 Å². The molecule has 10 nitrogen and oxygen atoms in total. The molecule has 1 aromatic carbocycles. The van der Waals surface area contributed by atoms with Crippen LogP contribution < -0.4 is 0 Å². The van der Waals surface area contributed by atoms with E-state index in [1.165, 1.54) is 19.1 Å². The number of carbonyl (C=O) groups excluding carboxylic acids is 4. The van der Waals surface area contributed by atoms with Crippen molar-refractivity contribution in [2.45, 2.75) is 76.2 Å². The molecule has 10 heteroatoms. The number of ketones is 2. The zero-order chi connectivity index (χ0) is 29.4. The van der Waals surface area contributed by atoms with Crippen LogP contribution in [0.25, 0.3) is 0 Å². The maximum absolute atomic E-state index is 14.3. The number of Topliss-reactive ketones (excluding diaryl/α,β-unsaturated/α-hetero) is 2. The summed E-state index contributed by atoms with van der Waals surface area (Å²) in [5, 5.41) is 35.3. The largest absolute Gasteiger partial charge is 0.455 e. The average molecular weight is 557 g/mol. The highest BCUT2D eigenvalue weighted by Gasteiger charge is 2.79. The molecule has 216 valence electrons. The normalized spacial score (nSPS) is 43.6. The predicted octanol–water partition coefficient (Wildman–Crippen LogP) is 1.39. The van der Waals surface area contributed by atoms with Crippen molar-refractivity contribution in [1.29, 1.82) is 0 Å². The van der Waals surface area contributed by atoms with Crippen LogP contribution in [0, 0.1) is 28.6 Å². The second-order valence-electron chi connectivity index (χ2n) is 12.5. The lowest BCUT2D eigenvalue weighted by Gasteiger charge is -2.67. The van der Waals surface area contributed by atoms with Gasteiger partial charge in [-0.2, -0.15) is 0 Å². The van der Waals surface area contributed by atoms with Crippen molar-refractivity contribution >= 4 is 23.5 Å². The van der Waals surface area contributed by atoms with E-state index in [0.29, 0.717) is 0 Å². The lowest BCUT2D eigenvalue weighted by Crippen LogP contribution is -2.82. The lowest BCUT2D eigenvalue weighted by molar-refractivity contribution is -0.349. The molecule has 1 saturated heterocycles. The zero-order valence-corrected chi connectivity index (χ0v) is 23.0. The van der Waals surface area contributed by atoms with E-state index in [4.69, 9.17) is 14.2 Å². The van der Waals surface area contributed by atoms with Gasteiger partial charge in [0.05, 0.1) is 35.7 Å². The third-order valence-corrected chi connectivity index (χ3v) is 10.4. The highest BCUT2D eigenvalue weighted by atomic mass is 16.6. The quantitative estimate of drug-likeness (QED) is 0.281. The van der Waals surface area contributed by atoms with Gasteiger partial charge in [0, 0.05) is 30.3 Å². The molecule has 3 aliphatic carbocycles. The Morgan fingerprint density at radius 2 is 1.77 bits per heavy atom. The Bertz CT molecular complexity index is 1260. The molecule has 4 aliphatic rings. The molecule has 3 saturated carbocycles. The van der Waals surface area contributed by atoms with Crippen molar-refractivity contribution in [1.82, 2.24) is 0 Å². The molecule has 0 radical (unpaired) electrons. The van der Waals surface area contributed by atoms with Crippen LogP contribution in [0.5, 0.6) is 0 Å². The number of hydrogen-bond donors (Lipinski definition) is 3. The zero-order valence-electron chi connectivity index (χ0n) is 23.0. The molecule has 0 aromatic heterocycles. The van der Waals surface area contributed by atoms with Gasteiger partial charge in [0.15, 0.2) is 5.60 Å². The van der Waals surface area contributed by atoms with Crippen molar-refractivity contribution in [3.8, 4) is 0 Å². The number of fused-ring (bicyclic) bond motifs is 5. The first-order valence-electron chi connectivity index (χ1n) is 13.6. The van der Waals surface area contributed by atoms with E-state index in [9.17, 15) is 34.5 Å². The molecular formula is C30H36O10. The number of benzene rings is 1. The molecule has 10 atom stereocenters. The van der Waals surface area contributed by atoms with Crippen LogP contribution in [0.15, 0.2) is 43.0 Å². The lowest BCUT2D eigenvalue weighted by atomic mass is 9.42. The van der Waals surface area contributed by atoms with Crippen molar-refractivity contribution in [2.24, 2.45) is 28.6 Å². The fourth-order valence-electron chi connectivity index (χ4n) is 7.91. The van der Waals surface area contributed by atoms with Gasteiger partial charge in [-0.1, -0.05) is 45.5 Å². The molecule has 0 spiro atoms. The number of ether oxygens (including phenoxy) is 3. The van der Waals surface area contributed by atoms with Gasteiger partial charge >= 0.3 is 11.9 Å². The number of hydrogen-bond acceptors (Lipinski definition) is 10. The minimum absolute atomic E-state index is 0.138. The molecule has 40 heavy (non-hydrogen) atoms. The maximum Gasteiger partial charge on any atom is 0.338 e. The first kappa shape index (κ1) is 28.6. The van der Waals surface area contributed by atoms with Crippen molar-refractivity contribution in [3.05, 3.63) is 48.6 Å². The smallest absolute Gasteiger partial charge is 0.338 e. The van der Waals surface area contributed by atoms with Crippen molar-refractivity contribution < 1.29 is 48.7 Å². The number of aliphatic hydroxyl groups is 3. The fraction of sp³-hybridized carbons (Fsp3) is 0.600. The van der Waals surface area contributed by atoms with E-state index in [2.05, 4.69) is 6.58 Å². The summed E-state index contributed by atoms with van der Waals surface area (Å²) >= 11 is 0. The number of rotatable bonds is 4. The van der Waals surface area contributed by atoms with E-state index in [1.54, 1.807) is 39.0 Å². The first-order chi connectivity index (χ1) is 18.7. The molecule has 3 unspecified atom stereocenters. The monoisotopic (exact) mass is 556 g/mol. The molecular weight excluding hydrogens is 520 g/mol. The minimum Gasteiger partial charge on any atom is -0.455 e. The molecule has 1 aliphatic heterocycles. The number of esters is 2. The third kappa shape index (κ3) is 3.62. The molecule has 1 heterocycles. The molecule has 0 amide bonds. The van der Waals surface area contributed by atoms with Gasteiger partial charge in [-0.3, -0.25) is 9.59 Å². The van der Waals surface area contributed by atoms with Crippen LogP contribution in [0.1, 0.15) is 50.9 Å². The second-order valence-corrected chi connectivity index (χ2v) is 12.5. The van der Waals surface area contributed by atoms with E-state index in [0.717, 1.165) is 6.08 Å². The molecule has 3 N–H and O–H groups in total. The number of carbonyl (C=O) groups is 4. The Hall–Kier alpha value is -2.92. The topological polar surface area (TPSA) is 157 Å². The second kappa shape index (κ2) is 9.30. The Labute approximate surface area is 232 Å². The van der Waals surface area contributed by atoms with Gasteiger partial charge in [-0.05, 0) is 25.0 Å². The molecule has 4 fully saturated rings. The summed E-state index contributed by atoms with van der Waals surface area (Å²) < 4.78 is 17.7. The van der Waals surface area contributed by atoms with Crippen LogP contribution >= 0.6 is 0 Å². The summed E-state index contributed by atoms with van der Waals surface area (Å²) in [5.41, 5.74) is -6.92. The summed E-state index contributed by atoms with van der Waals surface area (Å²) in [6.07, 6.45) is -4.71. The van der Waals surface area contributed by atoms with Gasteiger partial charge in [-0.25, -0.2) is 9.59 Å². The standard InChI is InChI=1S/C30H36O10/c1-6-20(33)40-29-14-38-19(29)12-18(32)28(5)23(29)25(39-26(36)16-10-8-7-9-11-16)30(37)13-17(31)15(2)21(27(30,3)4)22(34)24(28)35/h6-11,15,17-19,21,23,25,31-32,37H,1,12-14H2,2-5H3/t15?,17-,18-,19+,21?,23?,25-,28+,29-,30+/m0/s1. The van der Waals surface area contributed by atoms with Crippen LogP contribution in [-0.2, 0) is 28.6 Å². The highest BCUT2D eigenvalue weighted by Crippen LogP contribution is 2.64. The average Bonchev–Trinajstić information content (AvgIpc) is 2.91. The fourth-order valence-corrected chi connectivity index (χ4v) is 7.91. The number of aliphatic hydroxyl groups excluding tert-OH is 2. The first-order valence-corrected chi connectivity index (χ1v) is 13.6. The van der Waals surface area contributed by atoms with E-state index < -0.39 is 87.7 Å². The van der Waals surface area contributed by atoms with Gasteiger partial charge < -0.3 is 29.5 Å². The summed E-state index contributed by atoms with van der Waals surface area (Å²) in [4.78, 5) is 54.6. The van der Waals surface area contributed by atoms with Gasteiger partial charge in [0.25, 0.3) is 0 Å². The Morgan fingerprint density at radius 1 is 1.12 bits per heavy atom. The van der Waals surface area contributed by atoms with Gasteiger partial charge in [0.1, 0.15) is 17.8 Å². The summed E-state index contributed by atoms with van der Waals surface area (Å²) in [5.74, 6) is -6.75. The van der Waals surface area contributed by atoms with Gasteiger partial charge in [0.2, 0.25) is 11.6 Å². The van der Waals surface area contributed by atoms with E-state index >= 15 is 0 Å². The molecule has 2 bridgehead atoms. The highest BCUT2D eigenvalue weighted by molar-refractivity contribution is 6.40. The van der Waals surface area contributed by atoms with E-state index in [-0.39, 0.29) is 25.0 Å². The van der Waals surface area contributed by atoms with Crippen LogP contribution in [0.4, 0.5) is 0 Å². The van der Waals surface area contributed by atoms with Crippen molar-refractivity contribution in [2.75, 3.05) is 6.61 Å². The van der Waals surface area contributed by atoms with Crippen LogP contribution in [-0.4, -0.2) is 81.0 Å². The maximum atomic E-state index is 14.3. The van der Waals surface area contributed by atoms with Crippen LogP contribution in [0.2, 0.25) is 0 Å². The van der Waals surface area contributed by atoms with Gasteiger partial charge in [-0.15, -0.1) is 0 Å². The van der Waals surface area contributed by atoms with E-state index in [1.807, 2.05) is 0 Å². The summed E-state index contributed by atoms with van der Waals surface area (Å²) in [7, 11) is 0. The van der Waals surface area contributed by atoms with Crippen molar-refractivity contribution in [3.63, 3.8) is 0 Å². The third-order valence-electron chi connectivity index (χ3n) is 10.4. The molecule has 1 aromatic rings. The SMILES string of the molecule is C=CC(=O)O[C@@]12CO[C@@H]1C[C@H](O)[C@@]1(C)C(=O)C(=O)C3C(C)[C@@H](O)C[C@@](O)([C@@H](OC(=O)c4ccccc4)C12)C3(C)C. The predicted molar refractivity (Wildman–Crippen MR) is 139 cm³/mol. The Morgan fingerprint density at radius 3 is 2.35 bits per heavy atom. The minimum atomic E-state index is -2.10.